The maximum atomic E-state index is 14.0. The smallest absolute Gasteiger partial charge is 0.408 e. The van der Waals surface area contributed by atoms with Crippen LogP contribution in [-0.4, -0.2) is 47.5 Å². The first-order valence-corrected chi connectivity index (χ1v) is 13.6. The summed E-state index contributed by atoms with van der Waals surface area (Å²) in [6.07, 6.45) is 6.31. The lowest BCUT2D eigenvalue weighted by atomic mass is 9.98. The van der Waals surface area contributed by atoms with Crippen molar-refractivity contribution < 1.29 is 19.1 Å². The third-order valence-electron chi connectivity index (χ3n) is 5.90. The molecule has 0 aliphatic heterocycles. The topological polar surface area (TPSA) is 87.7 Å². The van der Waals surface area contributed by atoms with Crippen molar-refractivity contribution >= 4 is 17.9 Å². The van der Waals surface area contributed by atoms with E-state index in [0.717, 1.165) is 50.5 Å². The molecule has 7 heteroatoms. The Balaban J connectivity index is 3.32. The summed E-state index contributed by atoms with van der Waals surface area (Å²) in [6, 6.07) is 7.83. The molecule has 7 nitrogen and oxygen atoms in total. The van der Waals surface area contributed by atoms with Crippen molar-refractivity contribution in [3.05, 3.63) is 35.9 Å². The third kappa shape index (κ3) is 11.4. The second kappa shape index (κ2) is 16.2. The van der Waals surface area contributed by atoms with Gasteiger partial charge in [0.05, 0.1) is 0 Å². The summed E-state index contributed by atoms with van der Waals surface area (Å²) in [5, 5.41) is 5.80. The maximum absolute atomic E-state index is 14.0. The van der Waals surface area contributed by atoms with Crippen LogP contribution in [0, 0.1) is 5.92 Å². The third-order valence-corrected chi connectivity index (χ3v) is 5.90. The molecule has 2 N–H and O–H groups in total. The number of benzene rings is 1. The highest BCUT2D eigenvalue weighted by molar-refractivity contribution is 5.92. The zero-order chi connectivity index (χ0) is 27.1. The summed E-state index contributed by atoms with van der Waals surface area (Å²) >= 11 is 0. The van der Waals surface area contributed by atoms with Crippen LogP contribution >= 0.6 is 0 Å². The van der Waals surface area contributed by atoms with E-state index < -0.39 is 23.8 Å². The van der Waals surface area contributed by atoms with Crippen molar-refractivity contribution in [3.8, 4) is 0 Å². The van der Waals surface area contributed by atoms with Crippen LogP contribution in [0.1, 0.15) is 105 Å². The van der Waals surface area contributed by atoms with Crippen LogP contribution in [0.5, 0.6) is 0 Å². The Hall–Kier alpha value is -2.57. The van der Waals surface area contributed by atoms with Crippen molar-refractivity contribution in [1.29, 1.82) is 0 Å². The number of hydrogen-bond donors (Lipinski definition) is 2. The van der Waals surface area contributed by atoms with Crippen LogP contribution in [-0.2, 0) is 14.3 Å². The quantitative estimate of drug-likeness (QED) is 0.288. The molecule has 0 spiro atoms. The Morgan fingerprint density at radius 1 is 0.917 bits per heavy atom. The van der Waals surface area contributed by atoms with E-state index in [2.05, 4.69) is 24.5 Å². The normalized spacial score (nSPS) is 13.1. The molecule has 1 aromatic carbocycles. The predicted molar refractivity (Wildman–Crippen MR) is 146 cm³/mol. The molecule has 0 bridgehead atoms. The van der Waals surface area contributed by atoms with Crippen molar-refractivity contribution in [2.45, 2.75) is 111 Å². The van der Waals surface area contributed by atoms with Crippen LogP contribution in [0.3, 0.4) is 0 Å². The molecule has 0 aliphatic carbocycles. The van der Waals surface area contributed by atoms with Gasteiger partial charge < -0.3 is 20.3 Å². The van der Waals surface area contributed by atoms with E-state index in [1.165, 1.54) is 0 Å². The summed E-state index contributed by atoms with van der Waals surface area (Å²) in [7, 11) is 0. The van der Waals surface area contributed by atoms with Gasteiger partial charge in [-0.2, -0.15) is 0 Å². The minimum atomic E-state index is -0.815. The molecule has 0 saturated heterocycles. The lowest BCUT2D eigenvalue weighted by Crippen LogP contribution is -2.55. The zero-order valence-corrected chi connectivity index (χ0v) is 23.6. The van der Waals surface area contributed by atoms with Crippen molar-refractivity contribution in [2.75, 3.05) is 13.1 Å². The fourth-order valence-electron chi connectivity index (χ4n) is 3.97. The van der Waals surface area contributed by atoms with Crippen LogP contribution in [0.2, 0.25) is 0 Å². The maximum Gasteiger partial charge on any atom is 0.408 e. The highest BCUT2D eigenvalue weighted by atomic mass is 16.6. The molecule has 0 saturated carbocycles. The van der Waals surface area contributed by atoms with Gasteiger partial charge in [0.1, 0.15) is 17.7 Å². The molecule has 1 rings (SSSR count). The molecule has 0 heterocycles. The molecular formula is C29H49N3O4. The van der Waals surface area contributed by atoms with Crippen LogP contribution in [0.4, 0.5) is 4.79 Å². The molecule has 204 valence electrons. The molecule has 0 radical (unpaired) electrons. The first kappa shape index (κ1) is 31.5. The fourth-order valence-corrected chi connectivity index (χ4v) is 3.97. The van der Waals surface area contributed by atoms with Gasteiger partial charge in [0, 0.05) is 13.1 Å². The molecule has 2 atom stereocenters. The van der Waals surface area contributed by atoms with Gasteiger partial charge in [-0.05, 0) is 45.1 Å². The number of unbranched alkanes of at least 4 members (excludes halogenated alkanes) is 5. The highest BCUT2D eigenvalue weighted by Crippen LogP contribution is 2.25. The number of carbonyl (C=O) groups is 3. The van der Waals surface area contributed by atoms with Gasteiger partial charge in [-0.1, -0.05) is 90.1 Å². The number of rotatable bonds is 15. The van der Waals surface area contributed by atoms with Crippen molar-refractivity contribution in [3.63, 3.8) is 0 Å². The Morgan fingerprint density at radius 3 is 2.08 bits per heavy atom. The van der Waals surface area contributed by atoms with Crippen molar-refractivity contribution in [2.24, 2.45) is 5.92 Å². The van der Waals surface area contributed by atoms with Gasteiger partial charge in [-0.3, -0.25) is 9.59 Å². The van der Waals surface area contributed by atoms with E-state index in [1.54, 1.807) is 25.7 Å². The average Bonchev–Trinajstić information content (AvgIpc) is 2.80. The number of alkyl carbamates (subject to hydrolysis) is 1. The molecule has 0 aliphatic rings. The van der Waals surface area contributed by atoms with Gasteiger partial charge in [0.2, 0.25) is 11.8 Å². The van der Waals surface area contributed by atoms with Crippen LogP contribution in [0.25, 0.3) is 0 Å². The van der Waals surface area contributed by atoms with E-state index >= 15 is 0 Å². The highest BCUT2D eigenvalue weighted by Gasteiger charge is 2.37. The number of carbonyl (C=O) groups excluding carboxylic acids is 3. The number of nitrogens with one attached hydrogen (secondary N) is 2. The van der Waals surface area contributed by atoms with Gasteiger partial charge in [-0.15, -0.1) is 0 Å². The van der Waals surface area contributed by atoms with Crippen LogP contribution in [0.15, 0.2) is 30.3 Å². The number of hydrogen-bond acceptors (Lipinski definition) is 4. The summed E-state index contributed by atoms with van der Waals surface area (Å²) < 4.78 is 5.43. The Bertz CT molecular complexity index is 789. The molecule has 0 aromatic heterocycles. The predicted octanol–water partition coefficient (Wildman–Crippen LogP) is 5.99. The summed E-state index contributed by atoms with van der Waals surface area (Å²) in [6.45, 7) is 14.4. The summed E-state index contributed by atoms with van der Waals surface area (Å²) in [4.78, 5) is 41.8. The minimum Gasteiger partial charge on any atom is -0.444 e. The molecule has 0 fully saturated rings. The van der Waals surface area contributed by atoms with E-state index in [-0.39, 0.29) is 17.7 Å². The SMILES string of the molecule is CCCCCCCN(C(=O)C(NC(=O)OC(C)(C)C)C(C)C)C(C(=O)NCCCC)c1ccccc1. The lowest BCUT2D eigenvalue weighted by Gasteiger charge is -2.35. The van der Waals surface area contributed by atoms with Crippen LogP contribution < -0.4 is 10.6 Å². The number of nitrogens with zero attached hydrogens (tertiary/aromatic N) is 1. The van der Waals surface area contributed by atoms with E-state index in [1.807, 2.05) is 44.2 Å². The van der Waals surface area contributed by atoms with Gasteiger partial charge >= 0.3 is 6.09 Å². The van der Waals surface area contributed by atoms with Crippen molar-refractivity contribution in [1.82, 2.24) is 15.5 Å². The fraction of sp³-hybridized carbons (Fsp3) is 0.690. The molecule has 1 aromatic rings. The van der Waals surface area contributed by atoms with Gasteiger partial charge in [0.15, 0.2) is 0 Å². The summed E-state index contributed by atoms with van der Waals surface area (Å²) in [5.41, 5.74) is 0.0764. The standard InChI is InChI=1S/C29H49N3O4/c1-8-10-12-13-17-21-32(27(34)24(22(3)4)31-28(35)36-29(5,6)7)25(23-18-15-14-16-19-23)26(33)30-20-11-9-2/h14-16,18-19,22,24-25H,8-13,17,20-21H2,1-7H3,(H,30,33)(H,31,35). The molecule has 2 unspecified atom stereocenters. The first-order valence-electron chi connectivity index (χ1n) is 13.6. The largest absolute Gasteiger partial charge is 0.444 e. The average molecular weight is 504 g/mol. The zero-order valence-electron chi connectivity index (χ0n) is 23.6. The molecule has 3 amide bonds. The monoisotopic (exact) mass is 503 g/mol. The minimum absolute atomic E-state index is 0.188. The van der Waals surface area contributed by atoms with E-state index in [0.29, 0.717) is 13.1 Å². The second-order valence-electron chi connectivity index (χ2n) is 10.8. The molecular weight excluding hydrogens is 454 g/mol. The van der Waals surface area contributed by atoms with Gasteiger partial charge in [-0.25, -0.2) is 4.79 Å². The Kier molecular flexibility index (Phi) is 14.2. The second-order valence-corrected chi connectivity index (χ2v) is 10.8. The first-order chi connectivity index (χ1) is 17.0. The van der Waals surface area contributed by atoms with E-state index in [9.17, 15) is 14.4 Å². The van der Waals surface area contributed by atoms with Gasteiger partial charge in [0.25, 0.3) is 0 Å². The number of ether oxygens (including phenoxy) is 1. The molecule has 36 heavy (non-hydrogen) atoms. The number of amides is 3. The Labute approximate surface area is 218 Å². The summed E-state index contributed by atoms with van der Waals surface area (Å²) in [5.74, 6) is -0.658. The Morgan fingerprint density at radius 2 is 1.53 bits per heavy atom. The lowest BCUT2D eigenvalue weighted by molar-refractivity contribution is -0.143. The van der Waals surface area contributed by atoms with E-state index in [4.69, 9.17) is 4.74 Å².